The zero-order valence-electron chi connectivity index (χ0n) is 10.9. The summed E-state index contributed by atoms with van der Waals surface area (Å²) in [6.07, 6.45) is 1.54. The van der Waals surface area contributed by atoms with E-state index in [0.717, 1.165) is 0 Å². The standard InChI is InChI=1S/C14H14N2O4/c1-16(9-12-6-3-7-20-12)14(19)15-11-5-2-4-10(8-11)13(17)18/h2-8H,9H2,1H3,(H,15,19)(H,17,18). The number of benzene rings is 1. The third-order valence-electron chi connectivity index (χ3n) is 2.68. The lowest BCUT2D eigenvalue weighted by Gasteiger charge is -2.16. The van der Waals surface area contributed by atoms with Crippen molar-refractivity contribution in [2.75, 3.05) is 12.4 Å². The van der Waals surface area contributed by atoms with Crippen LogP contribution in [0.15, 0.2) is 47.1 Å². The van der Waals surface area contributed by atoms with Gasteiger partial charge in [-0.3, -0.25) is 0 Å². The first-order valence-electron chi connectivity index (χ1n) is 5.94. The number of anilines is 1. The third kappa shape index (κ3) is 3.38. The molecule has 0 unspecified atom stereocenters. The molecule has 104 valence electrons. The molecule has 0 radical (unpaired) electrons. The Morgan fingerprint density at radius 2 is 2.10 bits per heavy atom. The van der Waals surface area contributed by atoms with Crippen LogP contribution in [-0.2, 0) is 6.54 Å². The van der Waals surface area contributed by atoms with Crippen molar-refractivity contribution in [1.29, 1.82) is 0 Å². The molecule has 0 aliphatic heterocycles. The molecule has 20 heavy (non-hydrogen) atoms. The number of nitrogens with one attached hydrogen (secondary N) is 1. The number of carbonyl (C=O) groups is 2. The Balaban J connectivity index is 2.00. The number of hydrogen-bond acceptors (Lipinski definition) is 3. The van der Waals surface area contributed by atoms with Gasteiger partial charge >= 0.3 is 12.0 Å². The molecule has 0 aliphatic rings. The lowest BCUT2D eigenvalue weighted by molar-refractivity contribution is 0.0697. The highest BCUT2D eigenvalue weighted by molar-refractivity contribution is 5.93. The van der Waals surface area contributed by atoms with Crippen LogP contribution in [0, 0.1) is 0 Å². The van der Waals surface area contributed by atoms with Gasteiger partial charge in [-0.25, -0.2) is 9.59 Å². The van der Waals surface area contributed by atoms with Gasteiger partial charge in [0, 0.05) is 12.7 Å². The molecule has 6 nitrogen and oxygen atoms in total. The van der Waals surface area contributed by atoms with Gasteiger partial charge in [0.1, 0.15) is 5.76 Å². The van der Waals surface area contributed by atoms with Crippen molar-refractivity contribution >= 4 is 17.7 Å². The Morgan fingerprint density at radius 1 is 1.30 bits per heavy atom. The average molecular weight is 274 g/mol. The Labute approximate surface area is 115 Å². The van der Waals surface area contributed by atoms with Crippen LogP contribution >= 0.6 is 0 Å². The second kappa shape index (κ2) is 5.92. The quantitative estimate of drug-likeness (QED) is 0.897. The van der Waals surface area contributed by atoms with Crippen LogP contribution in [0.2, 0.25) is 0 Å². The maximum Gasteiger partial charge on any atom is 0.335 e. The number of rotatable bonds is 4. The van der Waals surface area contributed by atoms with Gasteiger partial charge in [-0.15, -0.1) is 0 Å². The lowest BCUT2D eigenvalue weighted by atomic mass is 10.2. The van der Waals surface area contributed by atoms with Crippen LogP contribution in [0.5, 0.6) is 0 Å². The number of nitrogens with zero attached hydrogens (tertiary/aromatic N) is 1. The van der Waals surface area contributed by atoms with E-state index in [1.807, 2.05) is 0 Å². The van der Waals surface area contributed by atoms with Crippen molar-refractivity contribution in [3.63, 3.8) is 0 Å². The van der Waals surface area contributed by atoms with Crippen LogP contribution < -0.4 is 5.32 Å². The highest BCUT2D eigenvalue weighted by Gasteiger charge is 2.11. The van der Waals surface area contributed by atoms with E-state index >= 15 is 0 Å². The molecular weight excluding hydrogens is 260 g/mol. The number of carbonyl (C=O) groups excluding carboxylic acids is 1. The summed E-state index contributed by atoms with van der Waals surface area (Å²) in [4.78, 5) is 24.2. The largest absolute Gasteiger partial charge is 0.478 e. The van der Waals surface area contributed by atoms with Gasteiger partial charge in [0.05, 0.1) is 18.4 Å². The fraction of sp³-hybridized carbons (Fsp3) is 0.143. The molecule has 0 spiro atoms. The topological polar surface area (TPSA) is 82.8 Å². The Bertz CT molecular complexity index is 607. The molecule has 2 aromatic rings. The van der Waals surface area contributed by atoms with Gasteiger partial charge in [0.2, 0.25) is 0 Å². The normalized spacial score (nSPS) is 10.1. The van der Waals surface area contributed by atoms with Crippen molar-refractivity contribution in [3.8, 4) is 0 Å². The monoisotopic (exact) mass is 274 g/mol. The Kier molecular flexibility index (Phi) is 4.05. The van der Waals surface area contributed by atoms with E-state index in [1.54, 1.807) is 31.3 Å². The number of carboxylic acid groups (broad SMARTS) is 1. The molecule has 0 saturated heterocycles. The zero-order valence-corrected chi connectivity index (χ0v) is 10.9. The van der Waals surface area contributed by atoms with Crippen LogP contribution in [0.3, 0.4) is 0 Å². The number of amides is 2. The smallest absolute Gasteiger partial charge is 0.335 e. The SMILES string of the molecule is CN(Cc1ccco1)C(=O)Nc1cccc(C(=O)O)c1. The summed E-state index contributed by atoms with van der Waals surface area (Å²) in [6.45, 7) is 0.331. The summed E-state index contributed by atoms with van der Waals surface area (Å²) in [5.41, 5.74) is 0.553. The fourth-order valence-corrected chi connectivity index (χ4v) is 1.66. The van der Waals surface area contributed by atoms with E-state index in [-0.39, 0.29) is 11.6 Å². The molecule has 0 fully saturated rings. The number of furan rings is 1. The maximum atomic E-state index is 11.9. The van der Waals surface area contributed by atoms with E-state index in [2.05, 4.69) is 5.32 Å². The minimum Gasteiger partial charge on any atom is -0.478 e. The molecule has 2 N–H and O–H groups in total. The Morgan fingerprint density at radius 3 is 2.75 bits per heavy atom. The van der Waals surface area contributed by atoms with Crippen LogP contribution in [0.4, 0.5) is 10.5 Å². The van der Waals surface area contributed by atoms with Crippen LogP contribution in [-0.4, -0.2) is 29.1 Å². The predicted octanol–water partition coefficient (Wildman–Crippen LogP) is 2.64. The Hall–Kier alpha value is -2.76. The third-order valence-corrected chi connectivity index (χ3v) is 2.68. The van der Waals surface area contributed by atoms with Gasteiger partial charge in [0.15, 0.2) is 0 Å². The zero-order chi connectivity index (χ0) is 14.5. The van der Waals surface area contributed by atoms with Gasteiger partial charge in [-0.2, -0.15) is 0 Å². The van der Waals surface area contributed by atoms with Crippen molar-refractivity contribution < 1.29 is 19.1 Å². The first-order chi connectivity index (χ1) is 9.56. The first kappa shape index (κ1) is 13.7. The van der Waals surface area contributed by atoms with Gasteiger partial charge in [0.25, 0.3) is 0 Å². The molecule has 2 rings (SSSR count). The second-order valence-corrected chi connectivity index (χ2v) is 4.25. The number of carboxylic acids is 1. The summed E-state index contributed by atoms with van der Waals surface area (Å²) >= 11 is 0. The average Bonchev–Trinajstić information content (AvgIpc) is 2.91. The fourth-order valence-electron chi connectivity index (χ4n) is 1.66. The minimum absolute atomic E-state index is 0.122. The highest BCUT2D eigenvalue weighted by atomic mass is 16.4. The summed E-state index contributed by atoms with van der Waals surface area (Å²) < 4.78 is 5.16. The van der Waals surface area contributed by atoms with Gasteiger partial charge in [-0.05, 0) is 30.3 Å². The van der Waals surface area contributed by atoms with Crippen molar-refractivity contribution in [2.24, 2.45) is 0 Å². The van der Waals surface area contributed by atoms with Crippen molar-refractivity contribution in [2.45, 2.75) is 6.54 Å². The van der Waals surface area contributed by atoms with Crippen LogP contribution in [0.25, 0.3) is 0 Å². The molecule has 1 aromatic heterocycles. The van der Waals surface area contributed by atoms with Crippen LogP contribution in [0.1, 0.15) is 16.1 Å². The van der Waals surface area contributed by atoms with Crippen molar-refractivity contribution in [1.82, 2.24) is 4.90 Å². The lowest BCUT2D eigenvalue weighted by Crippen LogP contribution is -2.30. The number of aromatic carboxylic acids is 1. The molecule has 1 aromatic carbocycles. The van der Waals surface area contributed by atoms with Gasteiger partial charge < -0.3 is 19.7 Å². The number of urea groups is 1. The van der Waals surface area contributed by atoms with E-state index in [4.69, 9.17) is 9.52 Å². The van der Waals surface area contributed by atoms with E-state index < -0.39 is 5.97 Å². The first-order valence-corrected chi connectivity index (χ1v) is 5.94. The molecule has 0 saturated carbocycles. The number of hydrogen-bond donors (Lipinski definition) is 2. The molecule has 2 amide bonds. The molecule has 0 bridgehead atoms. The van der Waals surface area contributed by atoms with E-state index in [0.29, 0.717) is 18.0 Å². The minimum atomic E-state index is -1.04. The van der Waals surface area contributed by atoms with Gasteiger partial charge in [-0.1, -0.05) is 6.07 Å². The summed E-state index contributed by atoms with van der Waals surface area (Å²) in [6, 6.07) is 9.25. The highest BCUT2D eigenvalue weighted by Crippen LogP contribution is 2.12. The summed E-state index contributed by atoms with van der Waals surface area (Å²) in [5.74, 6) is -0.369. The van der Waals surface area contributed by atoms with E-state index in [9.17, 15) is 9.59 Å². The molecule has 0 aliphatic carbocycles. The second-order valence-electron chi connectivity index (χ2n) is 4.25. The summed E-state index contributed by atoms with van der Waals surface area (Å²) in [5, 5.41) is 11.5. The molecule has 6 heteroatoms. The molecular formula is C14H14N2O4. The maximum absolute atomic E-state index is 11.9. The van der Waals surface area contributed by atoms with Crippen molar-refractivity contribution in [3.05, 3.63) is 54.0 Å². The van der Waals surface area contributed by atoms with E-state index in [1.165, 1.54) is 23.3 Å². The predicted molar refractivity (Wildman–Crippen MR) is 72.6 cm³/mol. The summed E-state index contributed by atoms with van der Waals surface area (Å²) in [7, 11) is 1.62. The molecule has 0 atom stereocenters. The molecule has 1 heterocycles.